The Hall–Kier alpha value is -1.52. The molecule has 26 heavy (non-hydrogen) atoms. The zero-order valence-corrected chi connectivity index (χ0v) is 16.0. The summed E-state index contributed by atoms with van der Waals surface area (Å²) in [7, 11) is 0. The van der Waals surface area contributed by atoms with E-state index in [0.29, 0.717) is 6.54 Å². The first-order chi connectivity index (χ1) is 12.6. The molecule has 1 aromatic rings. The Kier molecular flexibility index (Phi) is 6.60. The lowest BCUT2D eigenvalue weighted by atomic mass is 9.82. The minimum absolute atomic E-state index is 0.0590. The molecule has 0 aliphatic heterocycles. The summed E-state index contributed by atoms with van der Waals surface area (Å²) in [6.07, 6.45) is 5.15. The van der Waals surface area contributed by atoms with Gasteiger partial charge in [-0.15, -0.1) is 23.2 Å². The first kappa shape index (κ1) is 19.2. The highest BCUT2D eigenvalue weighted by atomic mass is 35.5. The summed E-state index contributed by atoms with van der Waals surface area (Å²) < 4.78 is 5.42. The van der Waals surface area contributed by atoms with E-state index in [-0.39, 0.29) is 41.4 Å². The topological polar surface area (TPSA) is 55.4 Å². The van der Waals surface area contributed by atoms with E-state index in [1.165, 1.54) is 5.56 Å². The number of alkyl halides is 2. The van der Waals surface area contributed by atoms with Gasteiger partial charge in [-0.05, 0) is 30.2 Å². The van der Waals surface area contributed by atoms with Crippen molar-refractivity contribution in [3.05, 3.63) is 48.0 Å². The summed E-state index contributed by atoms with van der Waals surface area (Å²) in [6.45, 7) is 0.550. The van der Waals surface area contributed by atoms with Gasteiger partial charge in [-0.2, -0.15) is 0 Å². The fourth-order valence-corrected chi connectivity index (χ4v) is 4.40. The van der Waals surface area contributed by atoms with Crippen LogP contribution in [0.2, 0.25) is 0 Å². The Labute approximate surface area is 163 Å². The molecular weight excluding hydrogens is 373 g/mol. The number of esters is 1. The van der Waals surface area contributed by atoms with E-state index in [4.69, 9.17) is 27.9 Å². The lowest BCUT2D eigenvalue weighted by Crippen LogP contribution is -2.42. The average molecular weight is 396 g/mol. The SMILES string of the molecule is O=C(NCCc1ccccc1)[C@@H]1[C@@H](C(=O)OC(CCl)CCl)[C@H]2C=C[C@@H]1C2. The maximum atomic E-state index is 12.8. The van der Waals surface area contributed by atoms with Crippen LogP contribution in [0.4, 0.5) is 0 Å². The Morgan fingerprint density at radius 2 is 1.73 bits per heavy atom. The second-order valence-corrected chi connectivity index (χ2v) is 7.51. The molecule has 0 unspecified atom stereocenters. The van der Waals surface area contributed by atoms with Crippen molar-refractivity contribution in [1.29, 1.82) is 0 Å². The smallest absolute Gasteiger partial charge is 0.310 e. The van der Waals surface area contributed by atoms with Gasteiger partial charge in [0.1, 0.15) is 6.10 Å². The molecular formula is C20H23Cl2NO3. The molecule has 2 bridgehead atoms. The van der Waals surface area contributed by atoms with E-state index >= 15 is 0 Å². The van der Waals surface area contributed by atoms with Crippen molar-refractivity contribution >= 4 is 35.1 Å². The van der Waals surface area contributed by atoms with Gasteiger partial charge < -0.3 is 10.1 Å². The van der Waals surface area contributed by atoms with Crippen LogP contribution in [-0.2, 0) is 20.7 Å². The van der Waals surface area contributed by atoms with Crippen molar-refractivity contribution in [3.8, 4) is 0 Å². The Bertz CT molecular complexity index is 660. The van der Waals surface area contributed by atoms with Crippen molar-refractivity contribution in [2.75, 3.05) is 18.3 Å². The molecule has 0 saturated heterocycles. The van der Waals surface area contributed by atoms with E-state index < -0.39 is 12.0 Å². The van der Waals surface area contributed by atoms with Gasteiger partial charge in [0.25, 0.3) is 0 Å². The highest BCUT2D eigenvalue weighted by molar-refractivity contribution is 6.21. The van der Waals surface area contributed by atoms with E-state index in [9.17, 15) is 9.59 Å². The van der Waals surface area contributed by atoms with Gasteiger partial charge in [0, 0.05) is 6.54 Å². The summed E-state index contributed by atoms with van der Waals surface area (Å²) in [6, 6.07) is 9.99. The van der Waals surface area contributed by atoms with Crippen LogP contribution in [0.15, 0.2) is 42.5 Å². The Morgan fingerprint density at radius 1 is 1.08 bits per heavy atom. The fourth-order valence-electron chi connectivity index (χ4n) is 3.94. The monoisotopic (exact) mass is 395 g/mol. The van der Waals surface area contributed by atoms with E-state index in [1.54, 1.807) is 0 Å². The van der Waals surface area contributed by atoms with Gasteiger partial charge >= 0.3 is 5.97 Å². The second kappa shape index (κ2) is 8.92. The molecule has 1 amide bonds. The standard InChI is InChI=1S/C20H23Cl2NO3/c21-11-16(12-22)26-20(25)18-15-7-6-14(10-15)17(18)19(24)23-9-8-13-4-2-1-3-5-13/h1-7,14-18H,8-12H2,(H,23,24)/t14-,15+,17+,18+/m1/s1. The number of hydrogen-bond acceptors (Lipinski definition) is 3. The van der Waals surface area contributed by atoms with Crippen LogP contribution >= 0.6 is 23.2 Å². The molecule has 1 N–H and O–H groups in total. The van der Waals surface area contributed by atoms with Crippen LogP contribution in [0.25, 0.3) is 0 Å². The molecule has 4 nitrogen and oxygen atoms in total. The predicted octanol–water partition coefficient (Wildman–Crippen LogP) is 3.17. The Balaban J connectivity index is 1.60. The zero-order valence-electron chi connectivity index (χ0n) is 14.4. The molecule has 0 radical (unpaired) electrons. The number of amides is 1. The number of hydrogen-bond donors (Lipinski definition) is 1. The Morgan fingerprint density at radius 3 is 2.38 bits per heavy atom. The van der Waals surface area contributed by atoms with Crippen molar-refractivity contribution in [2.24, 2.45) is 23.7 Å². The van der Waals surface area contributed by atoms with Crippen LogP contribution in [0.1, 0.15) is 12.0 Å². The minimum Gasteiger partial charge on any atom is -0.460 e. The third-order valence-corrected chi connectivity index (χ3v) is 5.91. The van der Waals surface area contributed by atoms with Crippen LogP contribution in [0.5, 0.6) is 0 Å². The van der Waals surface area contributed by atoms with Gasteiger partial charge in [-0.3, -0.25) is 9.59 Å². The number of allylic oxidation sites excluding steroid dienone is 2. The predicted molar refractivity (Wildman–Crippen MR) is 102 cm³/mol. The van der Waals surface area contributed by atoms with Crippen LogP contribution in [0, 0.1) is 23.7 Å². The van der Waals surface area contributed by atoms with Gasteiger partial charge in [0.2, 0.25) is 5.91 Å². The zero-order chi connectivity index (χ0) is 18.5. The van der Waals surface area contributed by atoms with Crippen molar-refractivity contribution in [2.45, 2.75) is 18.9 Å². The quantitative estimate of drug-likeness (QED) is 0.417. The van der Waals surface area contributed by atoms with Crippen LogP contribution < -0.4 is 5.32 Å². The molecule has 1 aromatic carbocycles. The molecule has 140 valence electrons. The fraction of sp³-hybridized carbons (Fsp3) is 0.500. The van der Waals surface area contributed by atoms with Crippen molar-refractivity contribution < 1.29 is 14.3 Å². The van der Waals surface area contributed by atoms with Gasteiger partial charge in [0.05, 0.1) is 23.6 Å². The number of rotatable bonds is 8. The van der Waals surface area contributed by atoms with E-state index in [2.05, 4.69) is 11.4 Å². The summed E-state index contributed by atoms with van der Waals surface area (Å²) in [5, 5.41) is 2.99. The summed E-state index contributed by atoms with van der Waals surface area (Å²) >= 11 is 11.5. The number of nitrogens with one attached hydrogen (secondary N) is 1. The second-order valence-electron chi connectivity index (χ2n) is 6.89. The van der Waals surface area contributed by atoms with Gasteiger partial charge in [-0.1, -0.05) is 42.5 Å². The molecule has 6 heteroatoms. The first-order valence-corrected chi connectivity index (χ1v) is 10.0. The normalized spacial score (nSPS) is 26.3. The number of ether oxygens (including phenoxy) is 1. The number of carbonyl (C=O) groups excluding carboxylic acids is 2. The largest absolute Gasteiger partial charge is 0.460 e. The first-order valence-electron chi connectivity index (χ1n) is 8.96. The molecule has 4 atom stereocenters. The number of benzene rings is 1. The van der Waals surface area contributed by atoms with E-state index in [1.807, 2.05) is 36.4 Å². The molecule has 1 fully saturated rings. The third-order valence-electron chi connectivity index (χ3n) is 5.22. The molecule has 2 aliphatic carbocycles. The van der Waals surface area contributed by atoms with Gasteiger partial charge in [0.15, 0.2) is 0 Å². The summed E-state index contributed by atoms with van der Waals surface area (Å²) in [4.78, 5) is 25.4. The number of carbonyl (C=O) groups is 2. The summed E-state index contributed by atoms with van der Waals surface area (Å²) in [5.74, 6) is -0.803. The molecule has 0 heterocycles. The maximum absolute atomic E-state index is 12.8. The van der Waals surface area contributed by atoms with Crippen molar-refractivity contribution in [3.63, 3.8) is 0 Å². The van der Waals surface area contributed by atoms with Gasteiger partial charge in [-0.25, -0.2) is 0 Å². The molecule has 3 rings (SSSR count). The third kappa shape index (κ3) is 4.24. The van der Waals surface area contributed by atoms with E-state index in [0.717, 1.165) is 12.8 Å². The lowest BCUT2D eigenvalue weighted by Gasteiger charge is -2.27. The molecule has 0 aromatic heterocycles. The average Bonchev–Trinajstić information content (AvgIpc) is 3.28. The van der Waals surface area contributed by atoms with Crippen LogP contribution in [0.3, 0.4) is 0 Å². The minimum atomic E-state index is -0.518. The van der Waals surface area contributed by atoms with Crippen molar-refractivity contribution in [1.82, 2.24) is 5.32 Å². The molecule has 0 spiro atoms. The highest BCUT2D eigenvalue weighted by Crippen LogP contribution is 2.48. The van der Waals surface area contributed by atoms with Crippen LogP contribution in [-0.4, -0.2) is 36.3 Å². The number of fused-ring (bicyclic) bond motifs is 2. The molecule has 2 aliphatic rings. The number of halogens is 2. The lowest BCUT2D eigenvalue weighted by molar-refractivity contribution is -0.157. The summed E-state index contributed by atoms with van der Waals surface area (Å²) in [5.41, 5.74) is 1.17. The molecule has 1 saturated carbocycles. The maximum Gasteiger partial charge on any atom is 0.310 e. The highest BCUT2D eigenvalue weighted by Gasteiger charge is 2.52.